The van der Waals surface area contributed by atoms with Gasteiger partial charge in [0.25, 0.3) is 6.01 Å². The summed E-state index contributed by atoms with van der Waals surface area (Å²) in [6.45, 7) is 4.48. The van der Waals surface area contributed by atoms with Crippen molar-refractivity contribution < 1.29 is 4.42 Å². The molecule has 2 saturated heterocycles. The fourth-order valence-corrected chi connectivity index (χ4v) is 2.83. The van der Waals surface area contributed by atoms with Crippen LogP contribution in [-0.2, 0) is 0 Å². The molecule has 2 fully saturated rings. The first kappa shape index (κ1) is 14.4. The maximum atomic E-state index is 5.79. The topological polar surface area (TPSA) is 45.4 Å². The Morgan fingerprint density at radius 3 is 2.95 bits per heavy atom. The lowest BCUT2D eigenvalue weighted by Gasteiger charge is -2.32. The molecule has 2 aliphatic heterocycles. The molecule has 0 N–H and O–H groups in total. The van der Waals surface area contributed by atoms with E-state index in [1.807, 2.05) is 12.1 Å². The number of rotatable bonds is 1. The van der Waals surface area contributed by atoms with E-state index in [2.05, 4.69) is 19.8 Å². The molecule has 2 aromatic heterocycles. The number of hydrogen-bond acceptors (Lipinski definition) is 5. The number of fused-ring (bicyclic) bond motifs is 3. The van der Waals surface area contributed by atoms with Gasteiger partial charge in [-0.05, 0) is 18.6 Å². The van der Waals surface area contributed by atoms with Gasteiger partial charge < -0.3 is 9.32 Å². The lowest BCUT2D eigenvalue weighted by molar-refractivity contribution is 0.304. The number of piperazine rings is 1. The minimum absolute atomic E-state index is 0. The van der Waals surface area contributed by atoms with Gasteiger partial charge in [-0.1, -0.05) is 0 Å². The highest BCUT2D eigenvalue weighted by atomic mass is 35.5. The molecule has 0 radical (unpaired) electrons. The zero-order valence-corrected chi connectivity index (χ0v) is 12.0. The third-order valence-corrected chi connectivity index (χ3v) is 3.74. The van der Waals surface area contributed by atoms with Gasteiger partial charge in [0.15, 0.2) is 5.58 Å². The van der Waals surface area contributed by atoms with Crippen molar-refractivity contribution in [3.8, 4) is 0 Å². The van der Waals surface area contributed by atoms with Gasteiger partial charge in [-0.3, -0.25) is 4.90 Å². The number of pyridine rings is 1. The van der Waals surface area contributed by atoms with E-state index in [0.29, 0.717) is 11.7 Å². The monoisotopic (exact) mass is 302 g/mol. The lowest BCUT2D eigenvalue weighted by atomic mass is 10.2. The Morgan fingerprint density at radius 1 is 1.21 bits per heavy atom. The molecule has 2 unspecified atom stereocenters. The van der Waals surface area contributed by atoms with Gasteiger partial charge >= 0.3 is 0 Å². The first-order valence-electron chi connectivity index (χ1n) is 6.11. The Bertz CT molecular complexity index is 528. The molecule has 2 bridgehead atoms. The van der Waals surface area contributed by atoms with Crippen molar-refractivity contribution in [2.45, 2.75) is 12.5 Å². The molecular weight excluding hydrogens is 287 g/mol. The van der Waals surface area contributed by atoms with Crippen molar-refractivity contribution in [3.63, 3.8) is 0 Å². The maximum absolute atomic E-state index is 5.79. The molecule has 4 rings (SSSR count). The molecule has 5 nitrogen and oxygen atoms in total. The van der Waals surface area contributed by atoms with Crippen molar-refractivity contribution in [2.75, 3.05) is 31.1 Å². The van der Waals surface area contributed by atoms with Crippen LogP contribution in [0.25, 0.3) is 11.2 Å². The van der Waals surface area contributed by atoms with Crippen LogP contribution in [0.4, 0.5) is 6.01 Å². The molecule has 19 heavy (non-hydrogen) atoms. The zero-order chi connectivity index (χ0) is 11.2. The Morgan fingerprint density at radius 2 is 2.11 bits per heavy atom. The van der Waals surface area contributed by atoms with Crippen molar-refractivity contribution in [1.82, 2.24) is 14.9 Å². The first-order valence-corrected chi connectivity index (χ1v) is 6.11. The van der Waals surface area contributed by atoms with Crippen molar-refractivity contribution >= 4 is 42.1 Å². The van der Waals surface area contributed by atoms with Crippen LogP contribution in [-0.4, -0.2) is 47.1 Å². The number of oxazole rings is 1. The number of hydrogen-bond donors (Lipinski definition) is 0. The van der Waals surface area contributed by atoms with Crippen LogP contribution in [0.1, 0.15) is 6.42 Å². The molecule has 104 valence electrons. The Labute approximate surface area is 123 Å². The number of aromatic nitrogens is 2. The van der Waals surface area contributed by atoms with Gasteiger partial charge in [-0.25, -0.2) is 4.98 Å². The maximum Gasteiger partial charge on any atom is 0.300 e. The molecule has 0 amide bonds. The summed E-state index contributed by atoms with van der Waals surface area (Å²) in [5.74, 6) is 0. The number of anilines is 1. The Hall–Kier alpha value is -1.04. The first-order chi connectivity index (χ1) is 8.40. The van der Waals surface area contributed by atoms with Crippen LogP contribution in [0, 0.1) is 0 Å². The molecule has 0 saturated carbocycles. The van der Waals surface area contributed by atoms with Gasteiger partial charge in [-0.2, -0.15) is 4.98 Å². The summed E-state index contributed by atoms with van der Waals surface area (Å²) in [4.78, 5) is 13.5. The smallest absolute Gasteiger partial charge is 0.300 e. The van der Waals surface area contributed by atoms with Gasteiger partial charge in [0.1, 0.15) is 0 Å². The number of halogens is 2. The fraction of sp³-hybridized carbons (Fsp3) is 0.500. The second kappa shape index (κ2) is 5.53. The summed E-state index contributed by atoms with van der Waals surface area (Å²) < 4.78 is 5.79. The standard InChI is InChI=1S/C12H14N4O.2ClH/c1-2-10-11(13-4-1)14-12(17-10)16-7-6-15-5-3-9(16)8-15;;/h1-2,4,9H,3,5-8H2;2*1H. The lowest BCUT2D eigenvalue weighted by Crippen LogP contribution is -2.46. The molecule has 4 heterocycles. The quantitative estimate of drug-likeness (QED) is 0.806. The summed E-state index contributed by atoms with van der Waals surface area (Å²) >= 11 is 0. The summed E-state index contributed by atoms with van der Waals surface area (Å²) in [5, 5.41) is 0. The summed E-state index contributed by atoms with van der Waals surface area (Å²) in [7, 11) is 0. The Balaban J connectivity index is 0.000000667. The van der Waals surface area contributed by atoms with E-state index >= 15 is 0 Å². The van der Waals surface area contributed by atoms with Gasteiger partial charge in [0, 0.05) is 38.4 Å². The summed E-state index contributed by atoms with van der Waals surface area (Å²) in [5.41, 5.74) is 1.49. The summed E-state index contributed by atoms with van der Waals surface area (Å²) in [6, 6.07) is 5.11. The predicted octanol–water partition coefficient (Wildman–Crippen LogP) is 1.96. The Kier molecular flexibility index (Phi) is 4.18. The molecule has 7 heteroatoms. The van der Waals surface area contributed by atoms with Crippen molar-refractivity contribution in [3.05, 3.63) is 18.3 Å². The second-order valence-corrected chi connectivity index (χ2v) is 4.76. The average molecular weight is 303 g/mol. The van der Waals surface area contributed by atoms with Crippen molar-refractivity contribution in [2.24, 2.45) is 0 Å². The molecule has 0 spiro atoms. The number of nitrogens with zero attached hydrogens (tertiary/aromatic N) is 4. The summed E-state index contributed by atoms with van der Waals surface area (Å²) in [6.07, 6.45) is 2.97. The van der Waals surface area contributed by atoms with E-state index in [4.69, 9.17) is 4.42 Å². The average Bonchev–Trinajstić information content (AvgIpc) is 2.94. The molecule has 2 aromatic rings. The molecule has 2 atom stereocenters. The van der Waals surface area contributed by atoms with E-state index in [0.717, 1.165) is 31.2 Å². The minimum atomic E-state index is 0. The normalized spacial score (nSPS) is 24.9. The van der Waals surface area contributed by atoms with E-state index < -0.39 is 0 Å². The van der Waals surface area contributed by atoms with Crippen molar-refractivity contribution in [1.29, 1.82) is 0 Å². The third-order valence-electron chi connectivity index (χ3n) is 3.74. The third kappa shape index (κ3) is 2.38. The fourth-order valence-electron chi connectivity index (χ4n) is 2.83. The molecule has 0 aromatic carbocycles. The highest BCUT2D eigenvalue weighted by Crippen LogP contribution is 2.28. The van der Waals surface area contributed by atoms with Crippen LogP contribution in [0.3, 0.4) is 0 Å². The van der Waals surface area contributed by atoms with E-state index in [1.54, 1.807) is 6.20 Å². The van der Waals surface area contributed by atoms with Crippen LogP contribution in [0.5, 0.6) is 0 Å². The minimum Gasteiger partial charge on any atom is -0.422 e. The van der Waals surface area contributed by atoms with Crippen LogP contribution in [0.15, 0.2) is 22.7 Å². The molecule has 2 aliphatic rings. The van der Waals surface area contributed by atoms with Gasteiger partial charge in [0.2, 0.25) is 5.65 Å². The van der Waals surface area contributed by atoms with Crippen LogP contribution < -0.4 is 4.90 Å². The predicted molar refractivity (Wildman–Crippen MR) is 78.5 cm³/mol. The largest absolute Gasteiger partial charge is 0.422 e. The van der Waals surface area contributed by atoms with Crippen LogP contribution >= 0.6 is 24.8 Å². The van der Waals surface area contributed by atoms with E-state index in [1.165, 1.54) is 13.0 Å². The molecule has 0 aliphatic carbocycles. The van der Waals surface area contributed by atoms with Gasteiger partial charge in [0.05, 0.1) is 0 Å². The molecular formula is C12H16Cl2N4O. The SMILES string of the molecule is Cl.Cl.c1cnc2nc(N3CCN4CCC3C4)oc2c1. The van der Waals surface area contributed by atoms with E-state index in [9.17, 15) is 0 Å². The highest BCUT2D eigenvalue weighted by molar-refractivity contribution is 5.85. The van der Waals surface area contributed by atoms with Crippen LogP contribution in [0.2, 0.25) is 0 Å². The highest BCUT2D eigenvalue weighted by Gasteiger charge is 2.34. The zero-order valence-electron chi connectivity index (χ0n) is 10.4. The van der Waals surface area contributed by atoms with E-state index in [-0.39, 0.29) is 24.8 Å². The van der Waals surface area contributed by atoms with Gasteiger partial charge in [-0.15, -0.1) is 24.8 Å². The second-order valence-electron chi connectivity index (χ2n) is 4.76.